The first-order chi connectivity index (χ1) is 8.85. The minimum atomic E-state index is 0.739. The minimum Gasteiger partial charge on any atom is -0.496 e. The molecule has 0 aliphatic heterocycles. The quantitative estimate of drug-likeness (QED) is 0.795. The van der Waals surface area contributed by atoms with Crippen molar-refractivity contribution in [2.24, 2.45) is 5.92 Å². The van der Waals surface area contributed by atoms with Gasteiger partial charge in [0.1, 0.15) is 5.75 Å². The van der Waals surface area contributed by atoms with Crippen LogP contribution in [0.1, 0.15) is 25.7 Å². The molecule has 1 fully saturated rings. The molecule has 0 amide bonds. The molecule has 2 unspecified atom stereocenters. The summed E-state index contributed by atoms with van der Waals surface area (Å²) >= 11 is 1.92. The van der Waals surface area contributed by atoms with Crippen molar-refractivity contribution < 1.29 is 4.74 Å². The van der Waals surface area contributed by atoms with Crippen molar-refractivity contribution >= 4 is 11.8 Å². The third-order valence-electron chi connectivity index (χ3n) is 3.85. The molecule has 0 radical (unpaired) electrons. The Balaban J connectivity index is 1.81. The zero-order valence-electron chi connectivity index (χ0n) is 11.3. The Morgan fingerprint density at radius 3 is 2.94 bits per heavy atom. The molecule has 1 saturated carbocycles. The van der Waals surface area contributed by atoms with Gasteiger partial charge in [0.15, 0.2) is 0 Å². The van der Waals surface area contributed by atoms with Gasteiger partial charge in [-0.25, -0.2) is 0 Å². The highest BCUT2D eigenvalue weighted by Gasteiger charge is 2.25. The molecule has 1 aliphatic rings. The summed E-state index contributed by atoms with van der Waals surface area (Å²) in [4.78, 5) is 1.26. The van der Waals surface area contributed by atoms with Crippen LogP contribution in [0.25, 0.3) is 0 Å². The van der Waals surface area contributed by atoms with Gasteiger partial charge in [-0.1, -0.05) is 18.6 Å². The molecular weight excluding hydrogens is 242 g/mol. The molecule has 2 nitrogen and oxygen atoms in total. The van der Waals surface area contributed by atoms with Gasteiger partial charge in [0, 0.05) is 10.9 Å². The third kappa shape index (κ3) is 3.42. The fourth-order valence-corrected chi connectivity index (χ4v) is 3.93. The van der Waals surface area contributed by atoms with Crippen LogP contribution in [0.3, 0.4) is 0 Å². The predicted octanol–water partition coefficient (Wildman–Crippen LogP) is 3.57. The standard InChI is InChI=1S/C15H23NOS/c1-16-13-7-5-6-12(13)10-11-18-15-9-4-3-8-14(15)17-2/h3-4,8-9,12-13,16H,5-7,10-11H2,1-2H3. The van der Waals surface area contributed by atoms with Crippen LogP contribution in [-0.2, 0) is 0 Å². The van der Waals surface area contributed by atoms with Crippen molar-refractivity contribution in [3.8, 4) is 5.75 Å². The van der Waals surface area contributed by atoms with Crippen molar-refractivity contribution in [3.63, 3.8) is 0 Å². The average molecular weight is 265 g/mol. The number of hydrogen-bond acceptors (Lipinski definition) is 3. The Kier molecular flexibility index (Phi) is 5.39. The van der Waals surface area contributed by atoms with E-state index in [9.17, 15) is 0 Å². The number of nitrogens with one attached hydrogen (secondary N) is 1. The maximum absolute atomic E-state index is 5.38. The first-order valence-electron chi connectivity index (χ1n) is 6.78. The van der Waals surface area contributed by atoms with Crippen LogP contribution in [0, 0.1) is 5.92 Å². The molecule has 1 N–H and O–H groups in total. The number of ether oxygens (including phenoxy) is 1. The Morgan fingerprint density at radius 2 is 2.17 bits per heavy atom. The van der Waals surface area contributed by atoms with Crippen molar-refractivity contribution in [2.45, 2.75) is 36.6 Å². The third-order valence-corrected chi connectivity index (χ3v) is 4.93. The molecular formula is C15H23NOS. The monoisotopic (exact) mass is 265 g/mol. The smallest absolute Gasteiger partial charge is 0.132 e. The molecule has 100 valence electrons. The van der Waals surface area contributed by atoms with Crippen molar-refractivity contribution in [2.75, 3.05) is 19.9 Å². The highest BCUT2D eigenvalue weighted by molar-refractivity contribution is 7.99. The van der Waals surface area contributed by atoms with Crippen LogP contribution in [0.15, 0.2) is 29.2 Å². The fourth-order valence-electron chi connectivity index (χ4n) is 2.82. The summed E-state index contributed by atoms with van der Waals surface area (Å²) in [6.45, 7) is 0. The van der Waals surface area contributed by atoms with Crippen molar-refractivity contribution in [3.05, 3.63) is 24.3 Å². The van der Waals surface area contributed by atoms with Gasteiger partial charge in [0.05, 0.1) is 7.11 Å². The van der Waals surface area contributed by atoms with E-state index in [1.165, 1.54) is 36.3 Å². The topological polar surface area (TPSA) is 21.3 Å². The zero-order valence-corrected chi connectivity index (χ0v) is 12.1. The van der Waals surface area contributed by atoms with E-state index >= 15 is 0 Å². The lowest BCUT2D eigenvalue weighted by Gasteiger charge is -2.18. The molecule has 18 heavy (non-hydrogen) atoms. The van der Waals surface area contributed by atoms with Crippen LogP contribution in [0.4, 0.5) is 0 Å². The number of benzene rings is 1. The van der Waals surface area contributed by atoms with Crippen molar-refractivity contribution in [1.82, 2.24) is 5.32 Å². The van der Waals surface area contributed by atoms with Crippen LogP contribution < -0.4 is 10.1 Å². The van der Waals surface area contributed by atoms with E-state index in [-0.39, 0.29) is 0 Å². The Labute approximate surface area is 114 Å². The van der Waals surface area contributed by atoms with Gasteiger partial charge in [0.2, 0.25) is 0 Å². The molecule has 1 aromatic rings. The second kappa shape index (κ2) is 7.05. The van der Waals surface area contributed by atoms with Gasteiger partial charge in [0.25, 0.3) is 0 Å². The Hall–Kier alpha value is -0.670. The first kappa shape index (κ1) is 13.8. The summed E-state index contributed by atoms with van der Waals surface area (Å²) in [6.07, 6.45) is 5.42. The number of methoxy groups -OCH3 is 1. The summed E-state index contributed by atoms with van der Waals surface area (Å²) in [5.74, 6) is 3.04. The van der Waals surface area contributed by atoms with Crippen LogP contribution in [0.5, 0.6) is 5.75 Å². The fraction of sp³-hybridized carbons (Fsp3) is 0.600. The van der Waals surface area contributed by atoms with Gasteiger partial charge in [-0.15, -0.1) is 11.8 Å². The first-order valence-corrected chi connectivity index (χ1v) is 7.76. The summed E-state index contributed by atoms with van der Waals surface area (Å²) in [6, 6.07) is 9.03. The molecule has 3 heteroatoms. The lowest BCUT2D eigenvalue weighted by molar-refractivity contribution is 0.404. The van der Waals surface area contributed by atoms with E-state index in [0.717, 1.165) is 17.7 Å². The second-order valence-corrected chi connectivity index (χ2v) is 6.01. The largest absolute Gasteiger partial charge is 0.496 e. The SMILES string of the molecule is CNC1CCCC1CCSc1ccccc1OC. The van der Waals surface area contributed by atoms with Gasteiger partial charge in [-0.05, 0) is 50.1 Å². The van der Waals surface area contributed by atoms with Crippen LogP contribution in [0.2, 0.25) is 0 Å². The van der Waals surface area contributed by atoms with Crippen molar-refractivity contribution in [1.29, 1.82) is 0 Å². The van der Waals surface area contributed by atoms with E-state index in [1.807, 2.05) is 23.9 Å². The summed E-state index contributed by atoms with van der Waals surface area (Å²) in [5.41, 5.74) is 0. The van der Waals surface area contributed by atoms with Crippen LogP contribution >= 0.6 is 11.8 Å². The van der Waals surface area contributed by atoms with E-state index in [1.54, 1.807) is 7.11 Å². The number of rotatable bonds is 6. The second-order valence-electron chi connectivity index (χ2n) is 4.87. The van der Waals surface area contributed by atoms with E-state index < -0.39 is 0 Å². The Bertz CT molecular complexity index is 369. The molecule has 0 aromatic heterocycles. The molecule has 2 atom stereocenters. The average Bonchev–Trinajstić information content (AvgIpc) is 2.87. The minimum absolute atomic E-state index is 0.739. The molecule has 1 aliphatic carbocycles. The highest BCUT2D eigenvalue weighted by Crippen LogP contribution is 2.33. The highest BCUT2D eigenvalue weighted by atomic mass is 32.2. The van der Waals surface area contributed by atoms with E-state index in [4.69, 9.17) is 4.74 Å². The number of thioether (sulfide) groups is 1. The number of para-hydroxylation sites is 1. The molecule has 0 spiro atoms. The molecule has 0 heterocycles. The van der Waals surface area contributed by atoms with E-state index in [2.05, 4.69) is 24.5 Å². The lowest BCUT2D eigenvalue weighted by Crippen LogP contribution is -2.29. The van der Waals surface area contributed by atoms with Crippen LogP contribution in [-0.4, -0.2) is 26.0 Å². The van der Waals surface area contributed by atoms with Gasteiger partial charge in [-0.2, -0.15) is 0 Å². The molecule has 2 rings (SSSR count). The lowest BCUT2D eigenvalue weighted by atomic mass is 10.0. The zero-order chi connectivity index (χ0) is 12.8. The van der Waals surface area contributed by atoms with Gasteiger partial charge in [-0.3, -0.25) is 0 Å². The summed E-state index contributed by atoms with van der Waals surface area (Å²) < 4.78 is 5.38. The summed E-state index contributed by atoms with van der Waals surface area (Å²) in [5, 5.41) is 3.45. The maximum atomic E-state index is 5.38. The van der Waals surface area contributed by atoms with Gasteiger partial charge >= 0.3 is 0 Å². The summed E-state index contributed by atoms with van der Waals surface area (Å²) in [7, 11) is 3.84. The van der Waals surface area contributed by atoms with Gasteiger partial charge < -0.3 is 10.1 Å². The number of hydrogen-bond donors (Lipinski definition) is 1. The predicted molar refractivity (Wildman–Crippen MR) is 78.5 cm³/mol. The molecule has 0 saturated heterocycles. The molecule has 1 aromatic carbocycles. The maximum Gasteiger partial charge on any atom is 0.132 e. The normalized spacial score (nSPS) is 23.2. The Morgan fingerprint density at radius 1 is 1.33 bits per heavy atom. The van der Waals surface area contributed by atoms with E-state index in [0.29, 0.717) is 0 Å². The molecule has 0 bridgehead atoms.